The van der Waals surface area contributed by atoms with E-state index in [1.54, 1.807) is 6.20 Å². The molecule has 0 atom stereocenters. The second-order valence-corrected chi connectivity index (χ2v) is 5.97. The first-order chi connectivity index (χ1) is 12.1. The predicted octanol–water partition coefficient (Wildman–Crippen LogP) is 4.60. The monoisotopic (exact) mass is 332 g/mol. The molecule has 0 aliphatic heterocycles. The van der Waals surface area contributed by atoms with Gasteiger partial charge in [-0.15, -0.1) is 0 Å². The van der Waals surface area contributed by atoms with E-state index < -0.39 is 0 Å². The van der Waals surface area contributed by atoms with Crippen molar-refractivity contribution >= 4 is 23.1 Å². The Morgan fingerprint density at radius 2 is 1.64 bits per heavy atom. The highest BCUT2D eigenvalue weighted by atomic mass is 16.1. The summed E-state index contributed by atoms with van der Waals surface area (Å²) >= 11 is 0. The third kappa shape index (κ3) is 4.20. The fourth-order valence-electron chi connectivity index (χ4n) is 2.48. The number of nitrogens with zero attached hydrogens (tertiary/aromatic N) is 2. The summed E-state index contributed by atoms with van der Waals surface area (Å²) in [6, 6.07) is 17.3. The Bertz CT molecular complexity index is 845. The lowest BCUT2D eigenvalue weighted by atomic mass is 10.0. The quantitative estimate of drug-likeness (QED) is 0.717. The highest BCUT2D eigenvalue weighted by molar-refractivity contribution is 6.02. The fraction of sp³-hybridized carbons (Fsp3) is 0.150. The first kappa shape index (κ1) is 16.6. The Labute approximate surface area is 147 Å². The largest absolute Gasteiger partial charge is 0.339 e. The summed E-state index contributed by atoms with van der Waals surface area (Å²) in [5.74, 6) is 0.713. The van der Waals surface area contributed by atoms with Gasteiger partial charge in [-0.3, -0.25) is 4.79 Å². The molecule has 3 aromatic rings. The predicted molar refractivity (Wildman–Crippen MR) is 100 cm³/mol. The van der Waals surface area contributed by atoms with Crippen LogP contribution in [0.5, 0.6) is 0 Å². The number of benzene rings is 2. The number of nitrogens with one attached hydrogen (secondary N) is 2. The zero-order chi connectivity index (χ0) is 17.6. The number of aromatic nitrogens is 2. The van der Waals surface area contributed by atoms with Crippen molar-refractivity contribution in [3.8, 4) is 0 Å². The molecular weight excluding hydrogens is 312 g/mol. The SMILES string of the molecule is CC(C)c1ccccc1Nc1cnc(C(=O)Nc2ccccc2)cn1. The topological polar surface area (TPSA) is 66.9 Å². The van der Waals surface area contributed by atoms with Crippen molar-refractivity contribution in [3.05, 3.63) is 78.2 Å². The van der Waals surface area contributed by atoms with Crippen LogP contribution in [0.1, 0.15) is 35.8 Å². The highest BCUT2D eigenvalue weighted by Crippen LogP contribution is 2.25. The van der Waals surface area contributed by atoms with Crippen LogP contribution in [0.4, 0.5) is 17.2 Å². The molecule has 0 saturated heterocycles. The van der Waals surface area contributed by atoms with Gasteiger partial charge in [-0.1, -0.05) is 50.2 Å². The van der Waals surface area contributed by atoms with Crippen LogP contribution in [0.2, 0.25) is 0 Å². The van der Waals surface area contributed by atoms with Gasteiger partial charge in [-0.2, -0.15) is 0 Å². The average Bonchev–Trinajstić information content (AvgIpc) is 2.63. The molecule has 0 spiro atoms. The molecule has 5 nitrogen and oxygen atoms in total. The maximum atomic E-state index is 12.2. The van der Waals surface area contributed by atoms with E-state index in [0.29, 0.717) is 11.7 Å². The van der Waals surface area contributed by atoms with Gasteiger partial charge in [0.1, 0.15) is 11.5 Å². The lowest BCUT2D eigenvalue weighted by Gasteiger charge is -2.13. The van der Waals surface area contributed by atoms with E-state index >= 15 is 0 Å². The molecule has 0 fully saturated rings. The first-order valence-electron chi connectivity index (χ1n) is 8.18. The summed E-state index contributed by atoms with van der Waals surface area (Å²) in [6.45, 7) is 4.28. The molecule has 0 radical (unpaired) electrons. The van der Waals surface area contributed by atoms with Gasteiger partial charge in [0.05, 0.1) is 12.4 Å². The van der Waals surface area contributed by atoms with E-state index in [2.05, 4.69) is 40.5 Å². The van der Waals surface area contributed by atoms with Gasteiger partial charge in [0.2, 0.25) is 0 Å². The fourth-order valence-corrected chi connectivity index (χ4v) is 2.48. The van der Waals surface area contributed by atoms with Crippen molar-refractivity contribution < 1.29 is 4.79 Å². The molecule has 5 heteroatoms. The van der Waals surface area contributed by atoms with E-state index in [9.17, 15) is 4.79 Å². The molecule has 25 heavy (non-hydrogen) atoms. The minimum atomic E-state index is -0.284. The Balaban J connectivity index is 1.71. The summed E-state index contributed by atoms with van der Waals surface area (Å²) in [5, 5.41) is 6.05. The average molecular weight is 332 g/mol. The maximum Gasteiger partial charge on any atom is 0.275 e. The summed E-state index contributed by atoms with van der Waals surface area (Å²) in [7, 11) is 0. The van der Waals surface area contributed by atoms with Crippen molar-refractivity contribution in [2.24, 2.45) is 0 Å². The van der Waals surface area contributed by atoms with Gasteiger partial charge >= 0.3 is 0 Å². The first-order valence-corrected chi connectivity index (χ1v) is 8.18. The van der Waals surface area contributed by atoms with Gasteiger partial charge in [0, 0.05) is 11.4 Å². The van der Waals surface area contributed by atoms with Crippen LogP contribution in [-0.2, 0) is 0 Å². The van der Waals surface area contributed by atoms with Crippen molar-refractivity contribution in [3.63, 3.8) is 0 Å². The number of carbonyl (C=O) groups excluding carboxylic acids is 1. The normalized spacial score (nSPS) is 10.5. The number of hydrogen-bond acceptors (Lipinski definition) is 4. The number of amides is 1. The smallest absolute Gasteiger partial charge is 0.275 e. The van der Waals surface area contributed by atoms with E-state index in [1.165, 1.54) is 11.8 Å². The molecule has 0 saturated carbocycles. The lowest BCUT2D eigenvalue weighted by Crippen LogP contribution is -2.14. The molecule has 0 unspecified atom stereocenters. The third-order valence-corrected chi connectivity index (χ3v) is 3.76. The molecule has 2 N–H and O–H groups in total. The van der Waals surface area contributed by atoms with Crippen molar-refractivity contribution in [2.75, 3.05) is 10.6 Å². The summed E-state index contributed by atoms with van der Waals surface area (Å²) in [4.78, 5) is 20.7. The Morgan fingerprint density at radius 3 is 2.32 bits per heavy atom. The molecule has 1 heterocycles. The summed E-state index contributed by atoms with van der Waals surface area (Å²) in [6.07, 6.45) is 3.04. The lowest BCUT2D eigenvalue weighted by molar-refractivity contribution is 0.102. The van der Waals surface area contributed by atoms with E-state index in [-0.39, 0.29) is 11.6 Å². The third-order valence-electron chi connectivity index (χ3n) is 3.76. The molecule has 0 aliphatic rings. The van der Waals surface area contributed by atoms with Gasteiger partial charge < -0.3 is 10.6 Å². The Kier molecular flexibility index (Phi) is 5.04. The molecule has 0 aliphatic carbocycles. The molecule has 3 rings (SSSR count). The number of anilines is 3. The molecular formula is C20H20N4O. The number of carbonyl (C=O) groups is 1. The zero-order valence-corrected chi connectivity index (χ0v) is 14.2. The van der Waals surface area contributed by atoms with Crippen molar-refractivity contribution in [1.29, 1.82) is 0 Å². The summed E-state index contributed by atoms with van der Waals surface area (Å²) < 4.78 is 0. The maximum absolute atomic E-state index is 12.2. The van der Waals surface area contributed by atoms with E-state index in [4.69, 9.17) is 0 Å². The number of hydrogen-bond donors (Lipinski definition) is 2. The standard InChI is InChI=1S/C20H20N4O/c1-14(2)16-10-6-7-11-17(16)24-19-13-21-18(12-22-19)20(25)23-15-8-4-3-5-9-15/h3-14H,1-2H3,(H,22,24)(H,23,25). The van der Waals surface area contributed by atoms with Crippen molar-refractivity contribution in [1.82, 2.24) is 9.97 Å². The molecule has 2 aromatic carbocycles. The summed E-state index contributed by atoms with van der Waals surface area (Å²) in [5.41, 5.74) is 3.19. The van der Waals surface area contributed by atoms with Gasteiger partial charge in [-0.05, 0) is 29.7 Å². The van der Waals surface area contributed by atoms with Gasteiger partial charge in [0.25, 0.3) is 5.91 Å². The Morgan fingerprint density at radius 1 is 0.920 bits per heavy atom. The van der Waals surface area contributed by atoms with Crippen LogP contribution < -0.4 is 10.6 Å². The highest BCUT2D eigenvalue weighted by Gasteiger charge is 2.10. The molecule has 0 bridgehead atoms. The van der Waals surface area contributed by atoms with Crippen LogP contribution in [0, 0.1) is 0 Å². The molecule has 126 valence electrons. The van der Waals surface area contributed by atoms with E-state index in [1.807, 2.05) is 48.5 Å². The number of rotatable bonds is 5. The molecule has 1 amide bonds. The van der Waals surface area contributed by atoms with Crippen LogP contribution in [-0.4, -0.2) is 15.9 Å². The zero-order valence-electron chi connectivity index (χ0n) is 14.2. The second-order valence-electron chi connectivity index (χ2n) is 5.97. The minimum absolute atomic E-state index is 0.270. The van der Waals surface area contributed by atoms with E-state index in [0.717, 1.165) is 11.4 Å². The van der Waals surface area contributed by atoms with Crippen molar-refractivity contribution in [2.45, 2.75) is 19.8 Å². The van der Waals surface area contributed by atoms with Crippen LogP contribution >= 0.6 is 0 Å². The number of para-hydroxylation sites is 2. The van der Waals surface area contributed by atoms with Crippen LogP contribution in [0.25, 0.3) is 0 Å². The van der Waals surface area contributed by atoms with Gasteiger partial charge in [0.15, 0.2) is 0 Å². The molecule has 1 aromatic heterocycles. The second kappa shape index (κ2) is 7.57. The van der Waals surface area contributed by atoms with Gasteiger partial charge in [-0.25, -0.2) is 9.97 Å². The van der Waals surface area contributed by atoms with Crippen LogP contribution in [0.15, 0.2) is 67.0 Å². The Hall–Kier alpha value is -3.21. The van der Waals surface area contributed by atoms with Crippen LogP contribution in [0.3, 0.4) is 0 Å². The minimum Gasteiger partial charge on any atom is -0.339 e.